The topological polar surface area (TPSA) is 84.1 Å². The molecule has 1 amide bonds. The van der Waals surface area contributed by atoms with Crippen LogP contribution in [0.5, 0.6) is 0 Å². The molecule has 7 heteroatoms. The van der Waals surface area contributed by atoms with Gasteiger partial charge in [-0.25, -0.2) is 9.78 Å². The predicted molar refractivity (Wildman–Crippen MR) is 94.8 cm³/mol. The van der Waals surface area contributed by atoms with Crippen molar-refractivity contribution in [2.24, 2.45) is 0 Å². The Balaban J connectivity index is 2.22. The van der Waals surface area contributed by atoms with E-state index in [4.69, 9.17) is 4.74 Å². The van der Waals surface area contributed by atoms with Gasteiger partial charge >= 0.3 is 6.09 Å². The van der Waals surface area contributed by atoms with E-state index in [1.54, 1.807) is 13.1 Å². The lowest BCUT2D eigenvalue weighted by Crippen LogP contribution is -2.13. The molecule has 0 aliphatic rings. The number of fused-ring (bicyclic) bond motifs is 1. The SMILES string of the molecule is CCOC(=O)Nc1cc(-c2nccs2)cc2c(C(C)=O)c(C)[nH]c12. The summed E-state index contributed by atoms with van der Waals surface area (Å²) in [5.41, 5.74) is 3.49. The number of H-pyrrole nitrogens is 1. The molecule has 0 bridgehead atoms. The van der Waals surface area contributed by atoms with Crippen molar-refractivity contribution in [3.63, 3.8) is 0 Å². The summed E-state index contributed by atoms with van der Waals surface area (Å²) in [6.45, 7) is 5.40. The van der Waals surface area contributed by atoms with Crippen LogP contribution in [0.4, 0.5) is 10.5 Å². The zero-order valence-electron chi connectivity index (χ0n) is 13.6. The van der Waals surface area contributed by atoms with Gasteiger partial charge in [-0.15, -0.1) is 11.3 Å². The molecule has 2 aromatic heterocycles. The van der Waals surface area contributed by atoms with Crippen LogP contribution in [0.3, 0.4) is 0 Å². The van der Waals surface area contributed by atoms with Crippen molar-refractivity contribution >= 4 is 39.8 Å². The highest BCUT2D eigenvalue weighted by molar-refractivity contribution is 7.13. The Bertz CT molecular complexity index is 913. The van der Waals surface area contributed by atoms with E-state index in [1.807, 2.05) is 24.4 Å². The van der Waals surface area contributed by atoms with Crippen LogP contribution >= 0.6 is 11.3 Å². The summed E-state index contributed by atoms with van der Waals surface area (Å²) in [4.78, 5) is 31.4. The molecule has 124 valence electrons. The number of Topliss-reactive ketones (excluding diaryl/α,β-unsaturated/α-hetero) is 1. The van der Waals surface area contributed by atoms with Crippen LogP contribution in [-0.4, -0.2) is 28.5 Å². The fourth-order valence-corrected chi connectivity index (χ4v) is 3.37. The van der Waals surface area contributed by atoms with Crippen LogP contribution in [0.2, 0.25) is 0 Å². The highest BCUT2D eigenvalue weighted by Gasteiger charge is 2.18. The summed E-state index contributed by atoms with van der Waals surface area (Å²) in [7, 11) is 0. The van der Waals surface area contributed by atoms with Gasteiger partial charge in [0, 0.05) is 33.8 Å². The molecule has 0 saturated heterocycles. The number of amides is 1. The van der Waals surface area contributed by atoms with Crippen LogP contribution in [-0.2, 0) is 4.74 Å². The molecular formula is C17H17N3O3S. The molecule has 0 aliphatic carbocycles. The Morgan fingerprint density at radius 3 is 2.79 bits per heavy atom. The third kappa shape index (κ3) is 2.90. The van der Waals surface area contributed by atoms with E-state index in [9.17, 15) is 9.59 Å². The molecular weight excluding hydrogens is 326 g/mol. The number of rotatable bonds is 4. The molecule has 3 aromatic rings. The van der Waals surface area contributed by atoms with Crippen LogP contribution in [0.15, 0.2) is 23.7 Å². The molecule has 24 heavy (non-hydrogen) atoms. The number of carbonyl (C=O) groups excluding carboxylic acids is 2. The average molecular weight is 343 g/mol. The van der Waals surface area contributed by atoms with Gasteiger partial charge in [0.2, 0.25) is 0 Å². The first-order valence-corrected chi connectivity index (χ1v) is 8.40. The number of carbonyl (C=O) groups is 2. The van der Waals surface area contributed by atoms with Crippen molar-refractivity contribution in [3.8, 4) is 10.6 Å². The number of hydrogen-bond acceptors (Lipinski definition) is 5. The molecule has 6 nitrogen and oxygen atoms in total. The normalized spacial score (nSPS) is 10.8. The molecule has 0 radical (unpaired) electrons. The van der Waals surface area contributed by atoms with Crippen molar-refractivity contribution in [2.45, 2.75) is 20.8 Å². The van der Waals surface area contributed by atoms with Gasteiger partial charge in [0.15, 0.2) is 5.78 Å². The molecule has 3 rings (SSSR count). The molecule has 0 aliphatic heterocycles. The molecule has 2 heterocycles. The molecule has 0 spiro atoms. The molecule has 0 saturated carbocycles. The lowest BCUT2D eigenvalue weighted by atomic mass is 10.0. The second-order valence-electron chi connectivity index (χ2n) is 5.31. The Labute approximate surface area is 142 Å². The van der Waals surface area contributed by atoms with E-state index >= 15 is 0 Å². The summed E-state index contributed by atoms with van der Waals surface area (Å²) in [5, 5.41) is 6.20. The minimum Gasteiger partial charge on any atom is -0.450 e. The highest BCUT2D eigenvalue weighted by atomic mass is 32.1. The zero-order chi connectivity index (χ0) is 17.3. The van der Waals surface area contributed by atoms with Gasteiger partial charge < -0.3 is 9.72 Å². The monoisotopic (exact) mass is 343 g/mol. The maximum absolute atomic E-state index is 12.0. The molecule has 0 unspecified atom stereocenters. The van der Waals surface area contributed by atoms with Crippen LogP contribution in [0.25, 0.3) is 21.5 Å². The van der Waals surface area contributed by atoms with E-state index in [1.165, 1.54) is 18.3 Å². The van der Waals surface area contributed by atoms with Crippen molar-refractivity contribution in [1.29, 1.82) is 0 Å². The third-order valence-electron chi connectivity index (χ3n) is 3.64. The summed E-state index contributed by atoms with van der Waals surface area (Å²) < 4.78 is 4.97. The van der Waals surface area contributed by atoms with Gasteiger partial charge in [-0.3, -0.25) is 10.1 Å². The number of anilines is 1. The summed E-state index contributed by atoms with van der Waals surface area (Å²) in [6.07, 6.45) is 1.18. The Kier molecular flexibility index (Phi) is 4.35. The van der Waals surface area contributed by atoms with Gasteiger partial charge in [0.1, 0.15) is 5.01 Å². The number of ketones is 1. The summed E-state index contributed by atoms with van der Waals surface area (Å²) in [5.74, 6) is -0.0304. The lowest BCUT2D eigenvalue weighted by Gasteiger charge is -2.09. The van der Waals surface area contributed by atoms with Gasteiger partial charge in [-0.1, -0.05) is 0 Å². The Morgan fingerprint density at radius 1 is 1.38 bits per heavy atom. The minimum absolute atomic E-state index is 0.0304. The number of nitrogens with zero attached hydrogens (tertiary/aromatic N) is 1. The number of aromatic nitrogens is 2. The lowest BCUT2D eigenvalue weighted by molar-refractivity contribution is 0.101. The molecule has 1 aromatic carbocycles. The largest absolute Gasteiger partial charge is 0.450 e. The number of aryl methyl sites for hydroxylation is 1. The second-order valence-corrected chi connectivity index (χ2v) is 6.20. The average Bonchev–Trinajstić information content (AvgIpc) is 3.13. The van der Waals surface area contributed by atoms with Crippen LogP contribution in [0, 0.1) is 6.92 Å². The van der Waals surface area contributed by atoms with Crippen LogP contribution in [0.1, 0.15) is 29.9 Å². The van der Waals surface area contributed by atoms with Gasteiger partial charge in [-0.2, -0.15) is 0 Å². The van der Waals surface area contributed by atoms with E-state index in [0.717, 1.165) is 21.7 Å². The third-order valence-corrected chi connectivity index (χ3v) is 4.46. The molecule has 2 N–H and O–H groups in total. The van der Waals surface area contributed by atoms with Gasteiger partial charge in [0.25, 0.3) is 0 Å². The predicted octanol–water partition coefficient (Wildman–Crippen LogP) is 4.37. The molecule has 0 atom stereocenters. The number of hydrogen-bond donors (Lipinski definition) is 2. The Morgan fingerprint density at radius 2 is 2.17 bits per heavy atom. The first-order valence-electron chi connectivity index (χ1n) is 7.52. The fraction of sp³-hybridized carbons (Fsp3) is 0.235. The summed E-state index contributed by atoms with van der Waals surface area (Å²) in [6, 6.07) is 3.75. The number of benzene rings is 1. The molecule has 0 fully saturated rings. The first-order chi connectivity index (χ1) is 11.5. The standard InChI is InChI=1S/C17H17N3O3S/c1-4-23-17(22)20-13-8-11(16-18-5-6-24-16)7-12-14(10(3)21)9(2)19-15(12)13/h5-8,19H,4H2,1-3H3,(H,20,22). The fourth-order valence-electron chi connectivity index (χ4n) is 2.74. The smallest absolute Gasteiger partial charge is 0.411 e. The minimum atomic E-state index is -0.535. The van der Waals surface area contributed by atoms with Crippen molar-refractivity contribution in [2.75, 3.05) is 11.9 Å². The first kappa shape index (κ1) is 16.2. The zero-order valence-corrected chi connectivity index (χ0v) is 14.4. The number of aromatic amines is 1. The quantitative estimate of drug-likeness (QED) is 0.689. The van der Waals surface area contributed by atoms with E-state index < -0.39 is 6.09 Å². The van der Waals surface area contributed by atoms with E-state index in [0.29, 0.717) is 16.8 Å². The highest BCUT2D eigenvalue weighted by Crippen LogP contribution is 2.35. The maximum Gasteiger partial charge on any atom is 0.411 e. The van der Waals surface area contributed by atoms with Crippen LogP contribution < -0.4 is 5.32 Å². The number of thiazole rings is 1. The van der Waals surface area contributed by atoms with Gasteiger partial charge in [0.05, 0.1) is 17.8 Å². The maximum atomic E-state index is 12.0. The number of ether oxygens (including phenoxy) is 1. The van der Waals surface area contributed by atoms with Crippen molar-refractivity contribution < 1.29 is 14.3 Å². The second kappa shape index (κ2) is 6.45. The van der Waals surface area contributed by atoms with E-state index in [2.05, 4.69) is 15.3 Å². The van der Waals surface area contributed by atoms with Gasteiger partial charge in [-0.05, 0) is 32.9 Å². The van der Waals surface area contributed by atoms with E-state index in [-0.39, 0.29) is 12.4 Å². The Hall–Kier alpha value is -2.67. The van der Waals surface area contributed by atoms with Crippen molar-refractivity contribution in [1.82, 2.24) is 9.97 Å². The summed E-state index contributed by atoms with van der Waals surface area (Å²) >= 11 is 1.49. The van der Waals surface area contributed by atoms with Crippen molar-refractivity contribution in [3.05, 3.63) is 35.0 Å². The number of nitrogens with one attached hydrogen (secondary N) is 2.